The molecule has 0 aliphatic carbocycles. The number of benzene rings is 1. The molecular formula is C17H26N2O3. The third-order valence-corrected chi connectivity index (χ3v) is 4.24. The maximum absolute atomic E-state index is 12.2. The van der Waals surface area contributed by atoms with E-state index in [1.807, 2.05) is 18.2 Å². The van der Waals surface area contributed by atoms with E-state index in [2.05, 4.69) is 17.6 Å². The maximum Gasteiger partial charge on any atom is 0.220 e. The highest BCUT2D eigenvalue weighted by Gasteiger charge is 2.22. The van der Waals surface area contributed by atoms with Crippen LogP contribution >= 0.6 is 0 Å². The van der Waals surface area contributed by atoms with Crippen molar-refractivity contribution in [2.45, 2.75) is 32.2 Å². The molecule has 1 aromatic carbocycles. The summed E-state index contributed by atoms with van der Waals surface area (Å²) < 4.78 is 10.6. The second-order valence-electron chi connectivity index (χ2n) is 5.82. The molecule has 1 aromatic rings. The van der Waals surface area contributed by atoms with Gasteiger partial charge in [-0.25, -0.2) is 0 Å². The van der Waals surface area contributed by atoms with E-state index in [1.54, 1.807) is 14.2 Å². The van der Waals surface area contributed by atoms with Crippen LogP contribution in [0.4, 0.5) is 0 Å². The van der Waals surface area contributed by atoms with Crippen molar-refractivity contribution in [3.8, 4) is 11.5 Å². The number of amides is 1. The molecular weight excluding hydrogens is 280 g/mol. The molecule has 1 aliphatic heterocycles. The molecule has 0 bridgehead atoms. The van der Waals surface area contributed by atoms with E-state index < -0.39 is 0 Å². The fraction of sp³-hybridized carbons (Fsp3) is 0.588. The lowest BCUT2D eigenvalue weighted by molar-refractivity contribution is -0.122. The quantitative estimate of drug-likeness (QED) is 0.840. The molecule has 0 saturated carbocycles. The fourth-order valence-corrected chi connectivity index (χ4v) is 2.83. The minimum absolute atomic E-state index is 0.101. The monoisotopic (exact) mass is 306 g/mol. The molecule has 5 heteroatoms. The molecule has 0 radical (unpaired) electrons. The number of nitrogens with one attached hydrogen (secondary N) is 2. The highest BCUT2D eigenvalue weighted by molar-refractivity contribution is 5.76. The number of carbonyl (C=O) groups excluding carboxylic acids is 1. The molecule has 2 N–H and O–H groups in total. The van der Waals surface area contributed by atoms with Crippen molar-refractivity contribution in [3.63, 3.8) is 0 Å². The lowest BCUT2D eigenvalue weighted by Gasteiger charge is -2.30. The number of aryl methyl sites for hydroxylation is 1. The standard InChI is InChI=1S/C17H26N2O3/c1-12-11-18-9-8-15(12)19-17(20)7-4-13-10-14(21-2)5-6-16(13)22-3/h5-6,10,12,15,18H,4,7-9,11H2,1-3H3,(H,19,20). The van der Waals surface area contributed by atoms with Gasteiger partial charge in [-0.1, -0.05) is 6.92 Å². The van der Waals surface area contributed by atoms with Gasteiger partial charge in [0.05, 0.1) is 14.2 Å². The molecule has 122 valence electrons. The molecule has 22 heavy (non-hydrogen) atoms. The van der Waals surface area contributed by atoms with Crippen LogP contribution in [0.3, 0.4) is 0 Å². The van der Waals surface area contributed by atoms with E-state index in [9.17, 15) is 4.79 Å². The van der Waals surface area contributed by atoms with Crippen molar-refractivity contribution in [1.29, 1.82) is 0 Å². The van der Waals surface area contributed by atoms with Crippen LogP contribution in [0.2, 0.25) is 0 Å². The van der Waals surface area contributed by atoms with Gasteiger partial charge in [0.25, 0.3) is 0 Å². The largest absolute Gasteiger partial charge is 0.497 e. The van der Waals surface area contributed by atoms with Crippen molar-refractivity contribution >= 4 is 5.91 Å². The van der Waals surface area contributed by atoms with E-state index in [1.165, 1.54) is 0 Å². The van der Waals surface area contributed by atoms with Crippen LogP contribution in [0.15, 0.2) is 18.2 Å². The van der Waals surface area contributed by atoms with E-state index >= 15 is 0 Å². The molecule has 0 spiro atoms. The molecule has 1 saturated heterocycles. The lowest BCUT2D eigenvalue weighted by Crippen LogP contribution is -2.48. The molecule has 1 heterocycles. The summed E-state index contributed by atoms with van der Waals surface area (Å²) in [5.74, 6) is 2.15. The van der Waals surface area contributed by atoms with Gasteiger partial charge in [0.2, 0.25) is 5.91 Å². The summed E-state index contributed by atoms with van der Waals surface area (Å²) in [5, 5.41) is 6.50. The van der Waals surface area contributed by atoms with Crippen LogP contribution in [0.25, 0.3) is 0 Å². The van der Waals surface area contributed by atoms with E-state index in [4.69, 9.17) is 9.47 Å². The van der Waals surface area contributed by atoms with Crippen molar-refractivity contribution in [2.24, 2.45) is 5.92 Å². The van der Waals surface area contributed by atoms with Crippen molar-refractivity contribution in [3.05, 3.63) is 23.8 Å². The van der Waals surface area contributed by atoms with Crippen LogP contribution < -0.4 is 20.1 Å². The van der Waals surface area contributed by atoms with Gasteiger partial charge in [-0.3, -0.25) is 4.79 Å². The van der Waals surface area contributed by atoms with Crippen molar-refractivity contribution in [1.82, 2.24) is 10.6 Å². The first-order valence-electron chi connectivity index (χ1n) is 7.85. The van der Waals surface area contributed by atoms with Crippen molar-refractivity contribution in [2.75, 3.05) is 27.3 Å². The number of piperidine rings is 1. The number of ether oxygens (including phenoxy) is 2. The van der Waals surface area contributed by atoms with Crippen LogP contribution in [0.1, 0.15) is 25.3 Å². The maximum atomic E-state index is 12.2. The van der Waals surface area contributed by atoms with E-state index in [0.29, 0.717) is 18.8 Å². The Hall–Kier alpha value is -1.75. The Morgan fingerprint density at radius 1 is 1.36 bits per heavy atom. The Morgan fingerprint density at radius 2 is 2.18 bits per heavy atom. The molecule has 1 fully saturated rings. The average molecular weight is 306 g/mol. The smallest absolute Gasteiger partial charge is 0.220 e. The summed E-state index contributed by atoms with van der Waals surface area (Å²) in [6.45, 7) is 4.11. The molecule has 2 atom stereocenters. The predicted octanol–water partition coefficient (Wildman–Crippen LogP) is 1.75. The molecule has 2 unspecified atom stereocenters. The summed E-state index contributed by atoms with van der Waals surface area (Å²) in [6, 6.07) is 5.94. The molecule has 5 nitrogen and oxygen atoms in total. The Balaban J connectivity index is 1.90. The van der Waals surface area contributed by atoms with Crippen LogP contribution in [-0.2, 0) is 11.2 Å². The third-order valence-electron chi connectivity index (χ3n) is 4.24. The first kappa shape index (κ1) is 16.6. The summed E-state index contributed by atoms with van der Waals surface area (Å²) in [6.07, 6.45) is 2.10. The molecule has 2 rings (SSSR count). The summed E-state index contributed by atoms with van der Waals surface area (Å²) in [4.78, 5) is 12.2. The van der Waals surface area contributed by atoms with Gasteiger partial charge in [-0.15, -0.1) is 0 Å². The van der Waals surface area contributed by atoms with Gasteiger partial charge in [0, 0.05) is 12.5 Å². The normalized spacial score (nSPS) is 21.2. The van der Waals surface area contributed by atoms with Crippen LogP contribution in [-0.4, -0.2) is 39.3 Å². The SMILES string of the molecule is COc1ccc(OC)c(CCC(=O)NC2CCNCC2C)c1. The van der Waals surface area contributed by atoms with Gasteiger partial charge in [0.15, 0.2) is 0 Å². The van der Waals surface area contributed by atoms with Crippen LogP contribution in [0, 0.1) is 5.92 Å². The number of methoxy groups -OCH3 is 2. The number of carbonyl (C=O) groups is 1. The molecule has 1 aliphatic rings. The first-order chi connectivity index (χ1) is 10.6. The number of rotatable bonds is 6. The topological polar surface area (TPSA) is 59.6 Å². The second kappa shape index (κ2) is 8.03. The van der Waals surface area contributed by atoms with Gasteiger partial charge >= 0.3 is 0 Å². The Morgan fingerprint density at radius 3 is 2.86 bits per heavy atom. The Labute approximate surface area is 132 Å². The summed E-state index contributed by atoms with van der Waals surface area (Å²) >= 11 is 0. The van der Waals surface area contributed by atoms with Gasteiger partial charge in [-0.2, -0.15) is 0 Å². The van der Waals surface area contributed by atoms with Gasteiger partial charge in [0.1, 0.15) is 11.5 Å². The van der Waals surface area contributed by atoms with Gasteiger partial charge in [-0.05, 0) is 55.6 Å². The predicted molar refractivity (Wildman–Crippen MR) is 86.4 cm³/mol. The van der Waals surface area contributed by atoms with E-state index in [-0.39, 0.29) is 11.9 Å². The summed E-state index contributed by atoms with van der Waals surface area (Å²) in [5.41, 5.74) is 0.996. The minimum Gasteiger partial charge on any atom is -0.497 e. The van der Waals surface area contributed by atoms with E-state index in [0.717, 1.165) is 36.6 Å². The minimum atomic E-state index is 0.101. The summed E-state index contributed by atoms with van der Waals surface area (Å²) in [7, 11) is 3.28. The highest BCUT2D eigenvalue weighted by atomic mass is 16.5. The zero-order valence-electron chi connectivity index (χ0n) is 13.6. The second-order valence-corrected chi connectivity index (χ2v) is 5.82. The fourth-order valence-electron chi connectivity index (χ4n) is 2.83. The van der Waals surface area contributed by atoms with Crippen molar-refractivity contribution < 1.29 is 14.3 Å². The zero-order chi connectivity index (χ0) is 15.9. The Bertz CT molecular complexity index is 505. The first-order valence-corrected chi connectivity index (χ1v) is 7.85. The molecule has 0 aromatic heterocycles. The zero-order valence-corrected chi connectivity index (χ0v) is 13.6. The lowest BCUT2D eigenvalue weighted by atomic mass is 9.95. The van der Waals surface area contributed by atoms with Crippen LogP contribution in [0.5, 0.6) is 11.5 Å². The number of hydrogen-bond donors (Lipinski definition) is 2. The Kier molecular flexibility index (Phi) is 6.07. The average Bonchev–Trinajstić information content (AvgIpc) is 2.54. The van der Waals surface area contributed by atoms with Gasteiger partial charge < -0.3 is 20.1 Å². The third kappa shape index (κ3) is 4.37. The highest BCUT2D eigenvalue weighted by Crippen LogP contribution is 2.25. The molecule has 1 amide bonds. The number of hydrogen-bond acceptors (Lipinski definition) is 4.